The summed E-state index contributed by atoms with van der Waals surface area (Å²) in [6, 6.07) is 11.8. The fraction of sp³-hybridized carbons (Fsp3) is 0.188. The summed E-state index contributed by atoms with van der Waals surface area (Å²) < 4.78 is 0. The van der Waals surface area contributed by atoms with Crippen LogP contribution in [0.25, 0.3) is 0 Å². The first-order valence-corrected chi connectivity index (χ1v) is 7.48. The minimum Gasteiger partial charge on any atom is -0.392 e. The van der Waals surface area contributed by atoms with Crippen molar-refractivity contribution >= 4 is 40.5 Å². The molecule has 0 aliphatic carbocycles. The molecule has 0 aliphatic heterocycles. The highest BCUT2D eigenvalue weighted by molar-refractivity contribution is 6.44. The second-order valence-electron chi connectivity index (χ2n) is 4.77. The predicted octanol–water partition coefficient (Wildman–Crippen LogP) is 3.92. The van der Waals surface area contributed by atoms with Crippen molar-refractivity contribution in [2.75, 3.05) is 10.6 Å². The molecule has 3 N–H and O–H groups in total. The van der Waals surface area contributed by atoms with E-state index in [-0.39, 0.29) is 12.5 Å². The monoisotopic (exact) mass is 338 g/mol. The van der Waals surface area contributed by atoms with E-state index >= 15 is 0 Å². The molecule has 0 heterocycles. The third-order valence-electron chi connectivity index (χ3n) is 3.16. The quantitative estimate of drug-likeness (QED) is 0.774. The molecule has 0 spiro atoms. The number of hydrogen-bond donors (Lipinski definition) is 3. The van der Waals surface area contributed by atoms with Gasteiger partial charge in [0.15, 0.2) is 0 Å². The van der Waals surface area contributed by atoms with E-state index in [9.17, 15) is 9.90 Å². The summed E-state index contributed by atoms with van der Waals surface area (Å²) in [6.45, 7) is 1.62. The van der Waals surface area contributed by atoms with Gasteiger partial charge in [-0.05, 0) is 25.1 Å². The van der Waals surface area contributed by atoms with E-state index in [2.05, 4.69) is 10.6 Å². The van der Waals surface area contributed by atoms with Crippen LogP contribution in [0.4, 0.5) is 11.4 Å². The molecule has 2 aromatic rings. The van der Waals surface area contributed by atoms with E-state index in [1.165, 1.54) is 0 Å². The molecule has 2 rings (SSSR count). The van der Waals surface area contributed by atoms with Crippen molar-refractivity contribution in [2.24, 2.45) is 0 Å². The van der Waals surface area contributed by atoms with Crippen LogP contribution in [-0.2, 0) is 11.4 Å². The van der Waals surface area contributed by atoms with Crippen molar-refractivity contribution in [1.82, 2.24) is 0 Å². The van der Waals surface area contributed by atoms with Gasteiger partial charge in [-0.1, -0.05) is 47.5 Å². The summed E-state index contributed by atoms with van der Waals surface area (Å²) in [5.41, 5.74) is 1.90. The Morgan fingerprint density at radius 1 is 1.14 bits per heavy atom. The van der Waals surface area contributed by atoms with Crippen LogP contribution in [0.15, 0.2) is 42.5 Å². The van der Waals surface area contributed by atoms with E-state index in [1.807, 2.05) is 18.2 Å². The number of carbonyl (C=O) groups excluding carboxylic acids is 1. The molecule has 6 heteroatoms. The van der Waals surface area contributed by atoms with Crippen molar-refractivity contribution in [1.29, 1.82) is 0 Å². The number of anilines is 2. The van der Waals surface area contributed by atoms with Crippen LogP contribution in [0, 0.1) is 0 Å². The van der Waals surface area contributed by atoms with Crippen LogP contribution in [-0.4, -0.2) is 17.1 Å². The maximum Gasteiger partial charge on any atom is 0.246 e. The predicted molar refractivity (Wildman–Crippen MR) is 90.5 cm³/mol. The lowest BCUT2D eigenvalue weighted by Crippen LogP contribution is -2.32. The van der Waals surface area contributed by atoms with Gasteiger partial charge < -0.3 is 15.7 Å². The first-order chi connectivity index (χ1) is 10.5. The Labute approximate surface area is 139 Å². The SMILES string of the molecule is C[C@@H](Nc1ccccc1CO)C(=O)Nc1cccc(Cl)c1Cl. The van der Waals surface area contributed by atoms with Gasteiger partial charge in [0.1, 0.15) is 6.04 Å². The molecule has 22 heavy (non-hydrogen) atoms. The van der Waals surface area contributed by atoms with Crippen LogP contribution in [0.1, 0.15) is 12.5 Å². The number of rotatable bonds is 5. The summed E-state index contributed by atoms with van der Waals surface area (Å²) in [7, 11) is 0. The topological polar surface area (TPSA) is 61.4 Å². The summed E-state index contributed by atoms with van der Waals surface area (Å²) in [6.07, 6.45) is 0. The first kappa shape index (κ1) is 16.6. The molecular formula is C16H16Cl2N2O2. The first-order valence-electron chi connectivity index (χ1n) is 6.73. The van der Waals surface area contributed by atoms with Gasteiger partial charge in [0.2, 0.25) is 5.91 Å². The standard InChI is InChI=1S/C16H16Cl2N2O2/c1-10(19-13-7-3-2-5-11(13)9-21)16(22)20-14-8-4-6-12(17)15(14)18/h2-8,10,19,21H,9H2,1H3,(H,20,22)/t10-/m1/s1. The zero-order chi connectivity index (χ0) is 16.1. The third kappa shape index (κ3) is 3.91. The number of carbonyl (C=O) groups is 1. The number of aliphatic hydroxyl groups excluding tert-OH is 1. The van der Waals surface area contributed by atoms with Gasteiger partial charge in [0, 0.05) is 11.3 Å². The number of benzene rings is 2. The van der Waals surface area contributed by atoms with Crippen molar-refractivity contribution in [2.45, 2.75) is 19.6 Å². The van der Waals surface area contributed by atoms with Gasteiger partial charge in [-0.3, -0.25) is 4.79 Å². The lowest BCUT2D eigenvalue weighted by atomic mass is 10.1. The molecule has 116 valence electrons. The molecule has 0 aromatic heterocycles. The highest BCUT2D eigenvalue weighted by Gasteiger charge is 2.16. The largest absolute Gasteiger partial charge is 0.392 e. The van der Waals surface area contributed by atoms with Gasteiger partial charge in [0.25, 0.3) is 0 Å². The van der Waals surface area contributed by atoms with Crippen LogP contribution in [0.3, 0.4) is 0 Å². The molecule has 1 amide bonds. The molecule has 4 nitrogen and oxygen atoms in total. The second-order valence-corrected chi connectivity index (χ2v) is 5.56. The Hall–Kier alpha value is -1.75. The third-order valence-corrected chi connectivity index (χ3v) is 3.98. The number of amides is 1. The highest BCUT2D eigenvalue weighted by Crippen LogP contribution is 2.29. The number of hydrogen-bond acceptors (Lipinski definition) is 3. The molecule has 0 radical (unpaired) electrons. The van der Waals surface area contributed by atoms with Gasteiger partial charge >= 0.3 is 0 Å². The second kappa shape index (κ2) is 7.49. The maximum absolute atomic E-state index is 12.2. The molecule has 0 unspecified atom stereocenters. The lowest BCUT2D eigenvalue weighted by molar-refractivity contribution is -0.116. The van der Waals surface area contributed by atoms with E-state index in [1.54, 1.807) is 31.2 Å². The molecule has 0 aliphatic rings. The summed E-state index contributed by atoms with van der Waals surface area (Å²) in [4.78, 5) is 12.2. The Bertz CT molecular complexity index is 677. The van der Waals surface area contributed by atoms with Gasteiger partial charge in [-0.25, -0.2) is 0 Å². The average Bonchev–Trinajstić information content (AvgIpc) is 2.52. The molecule has 2 aromatic carbocycles. The van der Waals surface area contributed by atoms with Gasteiger partial charge in [-0.2, -0.15) is 0 Å². The average molecular weight is 339 g/mol. The zero-order valence-corrected chi connectivity index (χ0v) is 13.4. The minimum atomic E-state index is -0.511. The molecule has 0 saturated carbocycles. The molecule has 0 saturated heterocycles. The normalized spacial score (nSPS) is 11.8. The molecule has 0 bridgehead atoms. The lowest BCUT2D eigenvalue weighted by Gasteiger charge is -2.18. The van der Waals surface area contributed by atoms with E-state index in [0.717, 1.165) is 5.56 Å². The van der Waals surface area contributed by atoms with E-state index in [4.69, 9.17) is 23.2 Å². The smallest absolute Gasteiger partial charge is 0.246 e. The minimum absolute atomic E-state index is 0.0996. The summed E-state index contributed by atoms with van der Waals surface area (Å²) in [5, 5.41) is 15.8. The van der Waals surface area contributed by atoms with E-state index in [0.29, 0.717) is 21.4 Å². The van der Waals surface area contributed by atoms with Crippen molar-refractivity contribution in [3.63, 3.8) is 0 Å². The number of aliphatic hydroxyl groups is 1. The molecular weight excluding hydrogens is 323 g/mol. The van der Waals surface area contributed by atoms with Crippen LogP contribution < -0.4 is 10.6 Å². The summed E-state index contributed by atoms with van der Waals surface area (Å²) in [5.74, 6) is -0.253. The highest BCUT2D eigenvalue weighted by atomic mass is 35.5. The van der Waals surface area contributed by atoms with Crippen molar-refractivity contribution in [3.05, 3.63) is 58.1 Å². The Morgan fingerprint density at radius 2 is 1.82 bits per heavy atom. The maximum atomic E-state index is 12.2. The Kier molecular flexibility index (Phi) is 5.66. The fourth-order valence-electron chi connectivity index (χ4n) is 1.94. The van der Waals surface area contributed by atoms with Crippen molar-refractivity contribution in [3.8, 4) is 0 Å². The fourth-order valence-corrected chi connectivity index (χ4v) is 2.29. The number of halogens is 2. The van der Waals surface area contributed by atoms with Gasteiger partial charge in [-0.15, -0.1) is 0 Å². The van der Waals surface area contributed by atoms with Crippen LogP contribution >= 0.6 is 23.2 Å². The zero-order valence-electron chi connectivity index (χ0n) is 11.9. The Balaban J connectivity index is 2.08. The van der Waals surface area contributed by atoms with E-state index < -0.39 is 6.04 Å². The Morgan fingerprint density at radius 3 is 2.55 bits per heavy atom. The van der Waals surface area contributed by atoms with Gasteiger partial charge in [0.05, 0.1) is 22.3 Å². The van der Waals surface area contributed by atoms with Crippen LogP contribution in [0.2, 0.25) is 10.0 Å². The number of para-hydroxylation sites is 1. The summed E-state index contributed by atoms with van der Waals surface area (Å²) >= 11 is 12.0. The molecule has 0 fully saturated rings. The van der Waals surface area contributed by atoms with Crippen LogP contribution in [0.5, 0.6) is 0 Å². The molecule has 1 atom stereocenters. The number of nitrogens with one attached hydrogen (secondary N) is 2. The van der Waals surface area contributed by atoms with Crippen molar-refractivity contribution < 1.29 is 9.90 Å².